The second-order valence-corrected chi connectivity index (χ2v) is 10.00. The fourth-order valence-corrected chi connectivity index (χ4v) is 5.50. The number of hydrogen-bond acceptors (Lipinski definition) is 5. The van der Waals surface area contributed by atoms with Crippen LogP contribution in [0.1, 0.15) is 15.9 Å². The van der Waals surface area contributed by atoms with E-state index in [-0.39, 0.29) is 16.6 Å². The fourth-order valence-electron chi connectivity index (χ4n) is 2.90. The summed E-state index contributed by atoms with van der Waals surface area (Å²) in [5.41, 5.74) is 0.825. The Morgan fingerprint density at radius 1 is 1.17 bits per heavy atom. The van der Waals surface area contributed by atoms with Gasteiger partial charge in [0.15, 0.2) is 0 Å². The first kappa shape index (κ1) is 23.0. The monoisotopic (exact) mass is 472 g/mol. The zero-order chi connectivity index (χ0) is 21.6. The van der Waals surface area contributed by atoms with E-state index in [2.05, 4.69) is 5.32 Å². The number of nitrogens with one attached hydrogen (secondary N) is 1. The first-order valence-electron chi connectivity index (χ1n) is 9.36. The molecule has 0 aliphatic carbocycles. The lowest BCUT2D eigenvalue weighted by atomic mass is 10.2. The van der Waals surface area contributed by atoms with Crippen molar-refractivity contribution in [1.29, 1.82) is 0 Å². The van der Waals surface area contributed by atoms with Crippen LogP contribution in [0.25, 0.3) is 0 Å². The number of carbonyl (C=O) groups is 1. The molecule has 2 aromatic rings. The van der Waals surface area contributed by atoms with Gasteiger partial charge in [-0.3, -0.25) is 4.79 Å². The predicted octanol–water partition coefficient (Wildman–Crippen LogP) is 3.16. The predicted molar refractivity (Wildman–Crippen MR) is 116 cm³/mol. The second kappa shape index (κ2) is 10.6. The summed E-state index contributed by atoms with van der Waals surface area (Å²) in [7, 11) is -3.59. The molecule has 0 radical (unpaired) electrons. The van der Waals surface area contributed by atoms with Crippen LogP contribution in [0.15, 0.2) is 47.4 Å². The third kappa shape index (κ3) is 5.73. The molecule has 1 amide bonds. The van der Waals surface area contributed by atoms with Gasteiger partial charge in [-0.25, -0.2) is 12.8 Å². The third-order valence-corrected chi connectivity index (χ3v) is 7.82. The lowest BCUT2D eigenvalue weighted by Gasteiger charge is -2.26. The van der Waals surface area contributed by atoms with Crippen LogP contribution in [-0.4, -0.2) is 57.2 Å². The topological polar surface area (TPSA) is 75.7 Å². The lowest BCUT2D eigenvalue weighted by molar-refractivity contribution is 0.0730. The standard InChI is InChI=1S/C20H22ClFN2O4S2/c21-18-2-1-3-19(22)17(18)14-29-13-8-23-20(25)15-4-6-16(7-5-15)30(26,27)24-9-11-28-12-10-24/h1-7H,8-14H2,(H,23,25). The van der Waals surface area contributed by atoms with Gasteiger partial charge in [0, 0.05) is 47.3 Å². The summed E-state index contributed by atoms with van der Waals surface area (Å²) in [6, 6.07) is 10.4. The highest BCUT2D eigenvalue weighted by Gasteiger charge is 2.26. The van der Waals surface area contributed by atoms with Crippen molar-refractivity contribution in [2.45, 2.75) is 10.6 Å². The number of benzene rings is 2. The quantitative estimate of drug-likeness (QED) is 0.597. The molecular formula is C20H22ClFN2O4S2. The van der Waals surface area contributed by atoms with E-state index in [1.54, 1.807) is 12.1 Å². The van der Waals surface area contributed by atoms with Gasteiger partial charge in [0.2, 0.25) is 10.0 Å². The molecule has 1 fully saturated rings. The van der Waals surface area contributed by atoms with Crippen LogP contribution in [0.3, 0.4) is 0 Å². The lowest BCUT2D eigenvalue weighted by Crippen LogP contribution is -2.40. The zero-order valence-corrected chi connectivity index (χ0v) is 18.5. The van der Waals surface area contributed by atoms with E-state index in [1.807, 2.05) is 0 Å². The van der Waals surface area contributed by atoms with Gasteiger partial charge in [-0.05, 0) is 36.4 Å². The number of morpholine rings is 1. The Morgan fingerprint density at radius 3 is 2.53 bits per heavy atom. The molecule has 0 bridgehead atoms. The largest absolute Gasteiger partial charge is 0.379 e. The third-order valence-electron chi connectivity index (χ3n) is 4.56. The number of ether oxygens (including phenoxy) is 1. The highest BCUT2D eigenvalue weighted by molar-refractivity contribution is 7.98. The Bertz CT molecular complexity index is 961. The van der Waals surface area contributed by atoms with Crippen LogP contribution in [-0.2, 0) is 20.5 Å². The van der Waals surface area contributed by atoms with Crippen molar-refractivity contribution in [3.8, 4) is 0 Å². The molecule has 0 spiro atoms. The van der Waals surface area contributed by atoms with Gasteiger partial charge in [0.25, 0.3) is 5.91 Å². The molecule has 30 heavy (non-hydrogen) atoms. The molecular weight excluding hydrogens is 451 g/mol. The molecule has 1 aliphatic heterocycles. The van der Waals surface area contributed by atoms with E-state index in [9.17, 15) is 17.6 Å². The molecule has 0 unspecified atom stereocenters. The summed E-state index contributed by atoms with van der Waals surface area (Å²) in [5, 5.41) is 3.16. The molecule has 6 nitrogen and oxygen atoms in total. The summed E-state index contributed by atoms with van der Waals surface area (Å²) >= 11 is 7.45. The number of carbonyl (C=O) groups excluding carboxylic acids is 1. The number of nitrogens with zero attached hydrogens (tertiary/aromatic N) is 1. The molecule has 1 aliphatic rings. The van der Waals surface area contributed by atoms with Crippen LogP contribution >= 0.6 is 23.4 Å². The van der Waals surface area contributed by atoms with E-state index >= 15 is 0 Å². The molecule has 10 heteroatoms. The van der Waals surface area contributed by atoms with Crippen molar-refractivity contribution in [2.75, 3.05) is 38.6 Å². The Labute approximate surface area is 184 Å². The summed E-state index contributed by atoms with van der Waals surface area (Å²) in [6.45, 7) is 1.78. The van der Waals surface area contributed by atoms with Crippen LogP contribution in [0.5, 0.6) is 0 Å². The Balaban J connectivity index is 1.48. The maximum atomic E-state index is 13.7. The highest BCUT2D eigenvalue weighted by atomic mass is 35.5. The summed E-state index contributed by atoms with van der Waals surface area (Å²) in [6.07, 6.45) is 0. The van der Waals surface area contributed by atoms with Gasteiger partial charge in [-0.1, -0.05) is 17.7 Å². The van der Waals surface area contributed by atoms with E-state index in [1.165, 1.54) is 46.4 Å². The van der Waals surface area contributed by atoms with Crippen molar-refractivity contribution in [2.24, 2.45) is 0 Å². The number of thioether (sulfide) groups is 1. The van der Waals surface area contributed by atoms with Gasteiger partial charge in [-0.15, -0.1) is 0 Å². The van der Waals surface area contributed by atoms with Crippen LogP contribution in [0, 0.1) is 5.82 Å². The summed E-state index contributed by atoms with van der Waals surface area (Å²) < 4.78 is 45.5. The van der Waals surface area contributed by atoms with Crippen molar-refractivity contribution < 1.29 is 22.3 Å². The van der Waals surface area contributed by atoms with E-state index in [0.717, 1.165) is 0 Å². The highest BCUT2D eigenvalue weighted by Crippen LogP contribution is 2.23. The SMILES string of the molecule is O=C(NCCSCc1c(F)cccc1Cl)c1ccc(S(=O)(=O)N2CCOCC2)cc1. The number of hydrogen-bond donors (Lipinski definition) is 1. The van der Waals surface area contributed by atoms with Crippen LogP contribution in [0.2, 0.25) is 5.02 Å². The molecule has 1 saturated heterocycles. The second-order valence-electron chi connectivity index (χ2n) is 6.55. The van der Waals surface area contributed by atoms with Gasteiger partial charge < -0.3 is 10.1 Å². The summed E-state index contributed by atoms with van der Waals surface area (Å²) in [4.78, 5) is 12.4. The smallest absolute Gasteiger partial charge is 0.251 e. The Hall–Kier alpha value is -1.65. The molecule has 0 saturated carbocycles. The zero-order valence-electron chi connectivity index (χ0n) is 16.1. The average molecular weight is 473 g/mol. The van der Waals surface area contributed by atoms with E-state index in [0.29, 0.717) is 60.5 Å². The molecule has 0 atom stereocenters. The van der Waals surface area contributed by atoms with Crippen molar-refractivity contribution >= 4 is 39.3 Å². The fraction of sp³-hybridized carbons (Fsp3) is 0.350. The summed E-state index contributed by atoms with van der Waals surface area (Å²) in [5.74, 6) is 0.357. The number of halogens is 2. The van der Waals surface area contributed by atoms with Gasteiger partial charge in [0.05, 0.1) is 18.1 Å². The molecule has 3 rings (SSSR count). The maximum Gasteiger partial charge on any atom is 0.251 e. The number of sulfonamides is 1. The van der Waals surface area contributed by atoms with Crippen molar-refractivity contribution in [3.05, 3.63) is 64.4 Å². The molecule has 0 aromatic heterocycles. The Morgan fingerprint density at radius 2 is 1.87 bits per heavy atom. The van der Waals surface area contributed by atoms with Crippen molar-refractivity contribution in [3.63, 3.8) is 0 Å². The maximum absolute atomic E-state index is 13.7. The van der Waals surface area contributed by atoms with E-state index in [4.69, 9.17) is 16.3 Å². The molecule has 1 N–H and O–H groups in total. The van der Waals surface area contributed by atoms with Crippen molar-refractivity contribution in [1.82, 2.24) is 9.62 Å². The van der Waals surface area contributed by atoms with Gasteiger partial charge >= 0.3 is 0 Å². The Kier molecular flexibility index (Phi) is 8.13. The van der Waals surface area contributed by atoms with Gasteiger partial charge in [0.1, 0.15) is 5.82 Å². The minimum Gasteiger partial charge on any atom is -0.379 e. The first-order valence-corrected chi connectivity index (χ1v) is 12.3. The molecule has 2 aromatic carbocycles. The number of amides is 1. The minimum absolute atomic E-state index is 0.151. The minimum atomic E-state index is -3.59. The van der Waals surface area contributed by atoms with Crippen LogP contribution in [0.4, 0.5) is 4.39 Å². The average Bonchev–Trinajstić information content (AvgIpc) is 2.76. The molecule has 1 heterocycles. The van der Waals surface area contributed by atoms with Crippen LogP contribution < -0.4 is 5.32 Å². The molecule has 162 valence electrons. The first-order chi connectivity index (χ1) is 14.4. The van der Waals surface area contributed by atoms with E-state index < -0.39 is 10.0 Å². The normalized spacial score (nSPS) is 15.1. The number of rotatable bonds is 8. The van der Waals surface area contributed by atoms with Gasteiger partial charge in [-0.2, -0.15) is 16.1 Å².